The van der Waals surface area contributed by atoms with Crippen molar-refractivity contribution in [3.05, 3.63) is 49.0 Å². The van der Waals surface area contributed by atoms with Crippen LogP contribution in [0.4, 0.5) is 0 Å². The van der Waals surface area contributed by atoms with Crippen molar-refractivity contribution in [3.8, 4) is 5.75 Å². The van der Waals surface area contributed by atoms with E-state index in [4.69, 9.17) is 9.84 Å². The fraction of sp³-hybridized carbons (Fsp3) is 0.421. The molecule has 0 amide bonds. The molecule has 2 aromatic rings. The minimum absolute atomic E-state index is 0.257. The first-order valence-electron chi connectivity index (χ1n) is 8.75. The molecule has 3 heterocycles. The number of thiophene rings is 1. The van der Waals surface area contributed by atoms with Crippen molar-refractivity contribution in [3.63, 3.8) is 0 Å². The van der Waals surface area contributed by atoms with E-state index >= 15 is 0 Å². The third-order valence-corrected chi connectivity index (χ3v) is 7.42. The summed E-state index contributed by atoms with van der Waals surface area (Å²) in [5, 5.41) is 9.51. The second-order valence-corrected chi connectivity index (χ2v) is 9.72. The van der Waals surface area contributed by atoms with Crippen LogP contribution in [0.15, 0.2) is 43.7 Å². The van der Waals surface area contributed by atoms with E-state index in [9.17, 15) is 0 Å². The summed E-state index contributed by atoms with van der Waals surface area (Å²) in [6.07, 6.45) is 6.74. The van der Waals surface area contributed by atoms with Gasteiger partial charge in [-0.05, 0) is 52.4 Å². The number of ether oxygens (including phenoxy) is 1. The van der Waals surface area contributed by atoms with Gasteiger partial charge >= 0.3 is 0 Å². The Morgan fingerprint density at radius 2 is 2.04 bits per heavy atom. The van der Waals surface area contributed by atoms with Crippen LogP contribution < -0.4 is 4.74 Å². The van der Waals surface area contributed by atoms with Gasteiger partial charge in [0.15, 0.2) is 5.72 Å². The molecule has 0 radical (unpaired) electrons. The lowest BCUT2D eigenvalue weighted by atomic mass is 9.87. The molecule has 1 fully saturated rings. The Morgan fingerprint density at radius 3 is 2.80 bits per heavy atom. The minimum atomic E-state index is -0.286. The maximum absolute atomic E-state index is 6.68. The zero-order valence-corrected chi connectivity index (χ0v) is 17.7. The summed E-state index contributed by atoms with van der Waals surface area (Å²) in [4.78, 5) is 1.27. The first kappa shape index (κ1) is 16.3. The average molecular weight is 482 g/mol. The normalized spacial score (nSPS) is 23.8. The predicted octanol–water partition coefficient (Wildman–Crippen LogP) is 6.48. The summed E-state index contributed by atoms with van der Waals surface area (Å²) in [5.41, 5.74) is 2.14. The minimum Gasteiger partial charge on any atom is -0.465 e. The van der Waals surface area contributed by atoms with Gasteiger partial charge in [0.25, 0.3) is 0 Å². The average Bonchev–Trinajstić information content (AvgIpc) is 3.26. The van der Waals surface area contributed by atoms with Crippen molar-refractivity contribution in [2.75, 3.05) is 0 Å². The molecule has 6 heteroatoms. The van der Waals surface area contributed by atoms with Crippen molar-refractivity contribution in [1.82, 2.24) is 5.01 Å². The third kappa shape index (κ3) is 2.60. The first-order valence-corrected chi connectivity index (χ1v) is 11.2. The van der Waals surface area contributed by atoms with Crippen LogP contribution in [-0.2, 0) is 0 Å². The van der Waals surface area contributed by atoms with E-state index in [0.29, 0.717) is 0 Å². The van der Waals surface area contributed by atoms with Crippen LogP contribution in [-0.4, -0.2) is 16.4 Å². The second kappa shape index (κ2) is 6.10. The molecule has 3 nitrogen and oxygen atoms in total. The largest absolute Gasteiger partial charge is 0.465 e. The van der Waals surface area contributed by atoms with Crippen molar-refractivity contribution in [2.45, 2.75) is 50.3 Å². The molecule has 3 aliphatic rings. The molecule has 0 N–H and O–H groups in total. The Labute approximate surface area is 168 Å². The van der Waals surface area contributed by atoms with Crippen molar-refractivity contribution in [2.24, 2.45) is 5.10 Å². The Morgan fingerprint density at radius 1 is 1.20 bits per heavy atom. The van der Waals surface area contributed by atoms with Crippen LogP contribution in [0.1, 0.15) is 55.0 Å². The van der Waals surface area contributed by atoms with Crippen molar-refractivity contribution >= 4 is 48.9 Å². The van der Waals surface area contributed by atoms with E-state index in [1.807, 2.05) is 0 Å². The highest BCUT2D eigenvalue weighted by Gasteiger charge is 2.51. The highest BCUT2D eigenvalue weighted by molar-refractivity contribution is 9.11. The van der Waals surface area contributed by atoms with E-state index in [1.165, 1.54) is 35.4 Å². The number of hydrazone groups is 1. The molecule has 1 spiro atoms. The SMILES string of the molecule is Brc1cc(Br)c2c(c1)[C@@H]1CC(c3cccs3)=NN1C1(CCCCC1)O2. The van der Waals surface area contributed by atoms with Crippen LogP contribution in [0, 0.1) is 0 Å². The Bertz CT molecular complexity index is 843. The number of hydrogen-bond donors (Lipinski definition) is 0. The molecular formula is C19H18Br2N2OS. The van der Waals surface area contributed by atoms with Gasteiger partial charge in [-0.1, -0.05) is 28.4 Å². The summed E-state index contributed by atoms with van der Waals surface area (Å²) in [7, 11) is 0. The molecule has 2 aliphatic heterocycles. The topological polar surface area (TPSA) is 24.8 Å². The third-order valence-electron chi connectivity index (χ3n) is 5.46. The summed E-state index contributed by atoms with van der Waals surface area (Å²) < 4.78 is 8.79. The molecule has 1 saturated carbocycles. The van der Waals surface area contributed by atoms with Gasteiger partial charge in [0.05, 0.1) is 21.1 Å². The molecule has 5 rings (SSSR count). The van der Waals surface area contributed by atoms with Crippen molar-refractivity contribution < 1.29 is 4.74 Å². The maximum atomic E-state index is 6.68. The molecular weight excluding hydrogens is 464 g/mol. The zero-order chi connectivity index (χ0) is 17.0. The molecule has 0 saturated heterocycles. The van der Waals surface area contributed by atoms with E-state index in [2.05, 4.69) is 66.5 Å². The van der Waals surface area contributed by atoms with Crippen molar-refractivity contribution in [1.29, 1.82) is 0 Å². The fourth-order valence-corrected chi connectivity index (χ4v) is 6.39. The molecule has 130 valence electrons. The standard InChI is InChI=1S/C19H18Br2N2OS/c20-12-9-13-16-11-15(17-5-4-8-25-17)22-23(16)19(6-2-1-3-7-19)24-18(13)14(21)10-12/h4-5,8-10,16H,1-3,6-7,11H2/t16-/m0/s1. The summed E-state index contributed by atoms with van der Waals surface area (Å²) in [5.74, 6) is 1.01. The van der Waals surface area contributed by atoms with Gasteiger partial charge in [-0.25, -0.2) is 5.01 Å². The van der Waals surface area contributed by atoms with Crippen LogP contribution in [0.2, 0.25) is 0 Å². The molecule has 1 atom stereocenters. The first-order chi connectivity index (χ1) is 12.2. The zero-order valence-electron chi connectivity index (χ0n) is 13.7. The Kier molecular flexibility index (Phi) is 3.99. The van der Waals surface area contributed by atoms with Gasteiger partial charge in [0, 0.05) is 29.3 Å². The quantitative estimate of drug-likeness (QED) is 0.465. The second-order valence-electron chi connectivity index (χ2n) is 7.00. The number of benzene rings is 1. The molecule has 1 aromatic carbocycles. The van der Waals surface area contributed by atoms with Gasteiger partial charge in [-0.15, -0.1) is 11.3 Å². The number of nitrogens with zero attached hydrogens (tertiary/aromatic N) is 2. The number of hydrogen-bond acceptors (Lipinski definition) is 4. The fourth-order valence-electron chi connectivity index (χ4n) is 4.33. The number of fused-ring (bicyclic) bond motifs is 4. The summed E-state index contributed by atoms with van der Waals surface area (Å²) in [6, 6.07) is 8.82. The van der Waals surface area contributed by atoms with Crippen LogP contribution >= 0.6 is 43.2 Å². The van der Waals surface area contributed by atoms with Gasteiger partial charge in [0.1, 0.15) is 5.75 Å². The maximum Gasteiger partial charge on any atom is 0.198 e. The van der Waals surface area contributed by atoms with Gasteiger partial charge < -0.3 is 4.74 Å². The van der Waals surface area contributed by atoms with E-state index in [0.717, 1.165) is 34.0 Å². The van der Waals surface area contributed by atoms with Gasteiger partial charge in [0.2, 0.25) is 0 Å². The van der Waals surface area contributed by atoms with Crippen LogP contribution in [0.5, 0.6) is 5.75 Å². The lowest BCUT2D eigenvalue weighted by molar-refractivity contribution is -0.140. The highest BCUT2D eigenvalue weighted by atomic mass is 79.9. The lowest BCUT2D eigenvalue weighted by Crippen LogP contribution is -2.54. The predicted molar refractivity (Wildman–Crippen MR) is 108 cm³/mol. The van der Waals surface area contributed by atoms with Crippen LogP contribution in [0.3, 0.4) is 0 Å². The van der Waals surface area contributed by atoms with Gasteiger partial charge in [-0.2, -0.15) is 5.10 Å². The molecule has 0 bridgehead atoms. The number of halogens is 2. The Hall–Kier alpha value is -0.850. The molecule has 1 aliphatic carbocycles. The summed E-state index contributed by atoms with van der Waals surface area (Å²) >= 11 is 9.14. The van der Waals surface area contributed by atoms with Gasteiger partial charge in [-0.3, -0.25) is 0 Å². The van der Waals surface area contributed by atoms with E-state index in [1.54, 1.807) is 11.3 Å². The lowest BCUT2D eigenvalue weighted by Gasteiger charge is -2.49. The van der Waals surface area contributed by atoms with E-state index < -0.39 is 0 Å². The number of rotatable bonds is 1. The summed E-state index contributed by atoms with van der Waals surface area (Å²) in [6.45, 7) is 0. The molecule has 0 unspecified atom stereocenters. The monoisotopic (exact) mass is 480 g/mol. The highest BCUT2D eigenvalue weighted by Crippen LogP contribution is 2.53. The Balaban J connectivity index is 1.65. The molecule has 25 heavy (non-hydrogen) atoms. The van der Waals surface area contributed by atoms with E-state index in [-0.39, 0.29) is 11.8 Å². The smallest absolute Gasteiger partial charge is 0.198 e. The molecule has 1 aromatic heterocycles. The van der Waals surface area contributed by atoms with Crippen LogP contribution in [0.25, 0.3) is 0 Å².